The maximum atomic E-state index is 5.40. The molecule has 3 heteroatoms. The van der Waals surface area contributed by atoms with Crippen molar-refractivity contribution in [3.63, 3.8) is 0 Å². The van der Waals surface area contributed by atoms with Crippen LogP contribution in [-0.2, 0) is 4.74 Å². The highest BCUT2D eigenvalue weighted by molar-refractivity contribution is 5.77. The maximum absolute atomic E-state index is 5.40. The molecule has 1 atom stereocenters. The van der Waals surface area contributed by atoms with E-state index in [1.807, 2.05) is 0 Å². The van der Waals surface area contributed by atoms with Crippen LogP contribution in [0.25, 0.3) is 0 Å². The van der Waals surface area contributed by atoms with Crippen LogP contribution in [0.1, 0.15) is 27.2 Å². The molecule has 0 saturated heterocycles. The normalized spacial score (nSPS) is 23.7. The average molecular weight is 170 g/mol. The predicted octanol–water partition coefficient (Wildman–Crippen LogP) is 1.18. The molecule has 0 saturated carbocycles. The van der Waals surface area contributed by atoms with Crippen LogP contribution in [0.15, 0.2) is 4.99 Å². The molecule has 1 aliphatic rings. The monoisotopic (exact) mass is 170 g/mol. The summed E-state index contributed by atoms with van der Waals surface area (Å²) in [4.78, 5) is 4.46. The SMILES string of the molecule is CC(C)(C)C1COC(CCN)=N1. The lowest BCUT2D eigenvalue weighted by atomic mass is 9.88. The minimum Gasteiger partial charge on any atom is -0.479 e. The van der Waals surface area contributed by atoms with Gasteiger partial charge in [-0.25, -0.2) is 4.99 Å². The number of aliphatic imine (C=N–C) groups is 1. The number of nitrogens with zero attached hydrogens (tertiary/aromatic N) is 1. The molecule has 0 radical (unpaired) electrons. The second-order valence-electron chi connectivity index (χ2n) is 4.25. The number of hydrogen-bond acceptors (Lipinski definition) is 3. The first kappa shape index (κ1) is 9.52. The van der Waals surface area contributed by atoms with Crippen LogP contribution >= 0.6 is 0 Å². The molecule has 2 N–H and O–H groups in total. The van der Waals surface area contributed by atoms with Crippen LogP contribution < -0.4 is 5.73 Å². The van der Waals surface area contributed by atoms with Crippen molar-refractivity contribution in [1.29, 1.82) is 0 Å². The molecule has 0 aromatic carbocycles. The number of nitrogens with two attached hydrogens (primary N) is 1. The first-order chi connectivity index (χ1) is 5.54. The lowest BCUT2D eigenvalue weighted by molar-refractivity contribution is 0.233. The van der Waals surface area contributed by atoms with Gasteiger partial charge in [-0.1, -0.05) is 20.8 Å². The van der Waals surface area contributed by atoms with Crippen molar-refractivity contribution < 1.29 is 4.74 Å². The number of rotatable bonds is 2. The molecular weight excluding hydrogens is 152 g/mol. The van der Waals surface area contributed by atoms with E-state index in [-0.39, 0.29) is 5.41 Å². The van der Waals surface area contributed by atoms with E-state index >= 15 is 0 Å². The van der Waals surface area contributed by atoms with E-state index in [0.717, 1.165) is 18.9 Å². The molecule has 12 heavy (non-hydrogen) atoms. The third-order valence-corrected chi connectivity index (χ3v) is 2.07. The minimum atomic E-state index is 0.205. The molecule has 0 fully saturated rings. The molecule has 0 aromatic heterocycles. The lowest BCUT2D eigenvalue weighted by Crippen LogP contribution is -2.25. The van der Waals surface area contributed by atoms with Crippen molar-refractivity contribution >= 4 is 5.90 Å². The molecule has 70 valence electrons. The van der Waals surface area contributed by atoms with Crippen LogP contribution in [0, 0.1) is 5.41 Å². The summed E-state index contributed by atoms with van der Waals surface area (Å²) < 4.78 is 5.40. The highest BCUT2D eigenvalue weighted by atomic mass is 16.5. The van der Waals surface area contributed by atoms with E-state index in [0.29, 0.717) is 12.6 Å². The van der Waals surface area contributed by atoms with E-state index in [9.17, 15) is 0 Å². The first-order valence-electron chi connectivity index (χ1n) is 4.43. The van der Waals surface area contributed by atoms with E-state index in [1.165, 1.54) is 0 Å². The Morgan fingerprint density at radius 3 is 2.67 bits per heavy atom. The Balaban J connectivity index is 2.53. The van der Waals surface area contributed by atoms with E-state index < -0.39 is 0 Å². The summed E-state index contributed by atoms with van der Waals surface area (Å²) in [5, 5.41) is 0. The van der Waals surface area contributed by atoms with Crippen molar-refractivity contribution in [3.05, 3.63) is 0 Å². The summed E-state index contributed by atoms with van der Waals surface area (Å²) in [7, 11) is 0. The van der Waals surface area contributed by atoms with Crippen molar-refractivity contribution in [2.24, 2.45) is 16.1 Å². The fraction of sp³-hybridized carbons (Fsp3) is 0.889. The summed E-state index contributed by atoms with van der Waals surface area (Å²) >= 11 is 0. The zero-order valence-electron chi connectivity index (χ0n) is 8.13. The summed E-state index contributed by atoms with van der Waals surface area (Å²) in [5.41, 5.74) is 5.61. The Labute approximate surface area is 74.0 Å². The summed E-state index contributed by atoms with van der Waals surface area (Å²) in [6, 6.07) is 0.305. The lowest BCUT2D eigenvalue weighted by Gasteiger charge is -2.21. The van der Waals surface area contributed by atoms with E-state index in [2.05, 4.69) is 25.8 Å². The third-order valence-electron chi connectivity index (χ3n) is 2.07. The fourth-order valence-corrected chi connectivity index (χ4v) is 1.13. The smallest absolute Gasteiger partial charge is 0.184 e. The largest absolute Gasteiger partial charge is 0.479 e. The third kappa shape index (κ3) is 2.21. The van der Waals surface area contributed by atoms with Gasteiger partial charge in [0.2, 0.25) is 0 Å². The molecule has 0 amide bonds. The molecule has 1 heterocycles. The van der Waals surface area contributed by atoms with Crippen LogP contribution in [0.4, 0.5) is 0 Å². The predicted molar refractivity (Wildman–Crippen MR) is 50.3 cm³/mol. The summed E-state index contributed by atoms with van der Waals surface area (Å²) in [6.07, 6.45) is 0.770. The summed E-state index contributed by atoms with van der Waals surface area (Å²) in [6.45, 7) is 7.87. The highest BCUT2D eigenvalue weighted by Gasteiger charge is 2.29. The van der Waals surface area contributed by atoms with Gasteiger partial charge in [0.25, 0.3) is 0 Å². The van der Waals surface area contributed by atoms with Gasteiger partial charge < -0.3 is 10.5 Å². The molecular formula is C9H18N2O. The van der Waals surface area contributed by atoms with Gasteiger partial charge in [-0.05, 0) is 5.41 Å². The van der Waals surface area contributed by atoms with Gasteiger partial charge in [-0.2, -0.15) is 0 Å². The number of hydrogen-bond donors (Lipinski definition) is 1. The highest BCUT2D eigenvalue weighted by Crippen LogP contribution is 2.26. The van der Waals surface area contributed by atoms with Crippen molar-refractivity contribution in [3.8, 4) is 0 Å². The maximum Gasteiger partial charge on any atom is 0.184 e. The Bertz CT molecular complexity index is 181. The fourth-order valence-electron chi connectivity index (χ4n) is 1.13. The molecule has 1 rings (SSSR count). The van der Waals surface area contributed by atoms with Gasteiger partial charge in [0, 0.05) is 13.0 Å². The zero-order valence-corrected chi connectivity index (χ0v) is 8.13. The summed E-state index contributed by atoms with van der Waals surface area (Å²) in [5.74, 6) is 0.831. The van der Waals surface area contributed by atoms with E-state index in [1.54, 1.807) is 0 Å². The Morgan fingerprint density at radius 2 is 2.25 bits per heavy atom. The second kappa shape index (κ2) is 3.44. The van der Waals surface area contributed by atoms with Gasteiger partial charge in [0.05, 0.1) is 6.04 Å². The van der Waals surface area contributed by atoms with Crippen LogP contribution in [-0.4, -0.2) is 25.1 Å². The molecule has 0 bridgehead atoms. The molecule has 0 aromatic rings. The quantitative estimate of drug-likeness (QED) is 0.676. The molecule has 0 spiro atoms. The average Bonchev–Trinajstić information content (AvgIpc) is 2.35. The van der Waals surface area contributed by atoms with Gasteiger partial charge in [0.1, 0.15) is 6.61 Å². The van der Waals surface area contributed by atoms with Crippen LogP contribution in [0.2, 0.25) is 0 Å². The number of ether oxygens (including phenoxy) is 1. The molecule has 1 aliphatic heterocycles. The minimum absolute atomic E-state index is 0.205. The zero-order chi connectivity index (χ0) is 9.19. The van der Waals surface area contributed by atoms with Crippen molar-refractivity contribution in [2.45, 2.75) is 33.2 Å². The van der Waals surface area contributed by atoms with Gasteiger partial charge in [0.15, 0.2) is 5.90 Å². The van der Waals surface area contributed by atoms with Crippen LogP contribution in [0.5, 0.6) is 0 Å². The second-order valence-corrected chi connectivity index (χ2v) is 4.25. The standard InChI is InChI=1S/C9H18N2O/c1-9(2,3)7-6-12-8(11-7)4-5-10/h7H,4-6,10H2,1-3H3. The van der Waals surface area contributed by atoms with Crippen molar-refractivity contribution in [1.82, 2.24) is 0 Å². The Hall–Kier alpha value is -0.570. The molecule has 0 aliphatic carbocycles. The van der Waals surface area contributed by atoms with E-state index in [4.69, 9.17) is 10.5 Å². The van der Waals surface area contributed by atoms with Gasteiger partial charge in [-0.15, -0.1) is 0 Å². The Kier molecular flexibility index (Phi) is 2.73. The molecule has 3 nitrogen and oxygen atoms in total. The van der Waals surface area contributed by atoms with Crippen LogP contribution in [0.3, 0.4) is 0 Å². The van der Waals surface area contributed by atoms with Crippen molar-refractivity contribution in [2.75, 3.05) is 13.2 Å². The van der Waals surface area contributed by atoms with Gasteiger partial charge >= 0.3 is 0 Å². The van der Waals surface area contributed by atoms with Gasteiger partial charge in [-0.3, -0.25) is 0 Å². The topological polar surface area (TPSA) is 47.6 Å². The first-order valence-corrected chi connectivity index (χ1v) is 4.43. The Morgan fingerprint density at radius 1 is 1.58 bits per heavy atom. The molecule has 1 unspecified atom stereocenters.